The molecule has 0 aliphatic heterocycles. The van der Waals surface area contributed by atoms with Gasteiger partial charge in [0.15, 0.2) is 9.84 Å². The molecule has 2 atom stereocenters. The van der Waals surface area contributed by atoms with Gasteiger partial charge in [0.25, 0.3) is 5.69 Å². The molecule has 21 heavy (non-hydrogen) atoms. The number of hydrogen-bond acceptors (Lipinski definition) is 6. The molecule has 8 heteroatoms. The maximum atomic E-state index is 11.5. The van der Waals surface area contributed by atoms with Crippen molar-refractivity contribution in [1.82, 2.24) is 0 Å². The second kappa shape index (κ2) is 5.98. The summed E-state index contributed by atoms with van der Waals surface area (Å²) < 4.78 is 23.0. The fraction of sp³-hybridized carbons (Fsp3) is 0.538. The summed E-state index contributed by atoms with van der Waals surface area (Å²) in [7, 11) is -3.50. The number of nitro benzene ring substituents is 1. The molecule has 0 spiro atoms. The van der Waals surface area contributed by atoms with Crippen molar-refractivity contribution in [3.05, 3.63) is 28.3 Å². The maximum absolute atomic E-state index is 11.5. The monoisotopic (exact) mass is 314 g/mol. The van der Waals surface area contributed by atoms with Crippen LogP contribution in [0.25, 0.3) is 0 Å². The number of aliphatic hydroxyl groups is 1. The molecule has 7 nitrogen and oxygen atoms in total. The van der Waals surface area contributed by atoms with E-state index in [1.54, 1.807) is 0 Å². The van der Waals surface area contributed by atoms with Gasteiger partial charge in [-0.25, -0.2) is 8.42 Å². The molecule has 1 aromatic carbocycles. The van der Waals surface area contributed by atoms with E-state index in [-0.39, 0.29) is 22.3 Å². The molecule has 0 aromatic heterocycles. The molecule has 1 fully saturated rings. The van der Waals surface area contributed by atoms with Crippen molar-refractivity contribution in [1.29, 1.82) is 0 Å². The molecule has 0 saturated heterocycles. The Labute approximate surface area is 123 Å². The Morgan fingerprint density at radius 1 is 1.33 bits per heavy atom. The zero-order chi connectivity index (χ0) is 15.6. The van der Waals surface area contributed by atoms with Gasteiger partial charge in [-0.1, -0.05) is 12.8 Å². The first kappa shape index (κ1) is 15.7. The lowest BCUT2D eigenvalue weighted by Gasteiger charge is -2.29. The summed E-state index contributed by atoms with van der Waals surface area (Å²) in [5, 5.41) is 24.0. The van der Waals surface area contributed by atoms with Gasteiger partial charge in [0, 0.05) is 12.3 Å². The van der Waals surface area contributed by atoms with Crippen LogP contribution in [0, 0.1) is 10.1 Å². The first-order valence-electron chi connectivity index (χ1n) is 6.72. The normalized spacial score (nSPS) is 22.8. The quantitative estimate of drug-likeness (QED) is 0.647. The molecular weight excluding hydrogens is 296 g/mol. The van der Waals surface area contributed by atoms with Crippen LogP contribution in [0.15, 0.2) is 23.1 Å². The lowest BCUT2D eigenvalue weighted by Crippen LogP contribution is -2.36. The summed E-state index contributed by atoms with van der Waals surface area (Å²) in [5.41, 5.74) is -0.0611. The minimum absolute atomic E-state index is 0.0936. The van der Waals surface area contributed by atoms with Gasteiger partial charge >= 0.3 is 0 Å². The number of sulfone groups is 1. The standard InChI is InChI=1S/C13H18N2O5S/c1-21(19,20)9-6-7-10(12(8-9)15(17)18)14-11-4-2-3-5-13(11)16/h6-8,11,13-14,16H,2-5H2,1H3. The van der Waals surface area contributed by atoms with Crippen molar-refractivity contribution < 1.29 is 18.4 Å². The molecule has 116 valence electrons. The van der Waals surface area contributed by atoms with Crippen LogP contribution in [-0.4, -0.2) is 36.8 Å². The first-order valence-corrected chi connectivity index (χ1v) is 8.61. The van der Waals surface area contributed by atoms with E-state index < -0.39 is 20.9 Å². The molecule has 2 unspecified atom stereocenters. The van der Waals surface area contributed by atoms with E-state index >= 15 is 0 Å². The van der Waals surface area contributed by atoms with Gasteiger partial charge in [-0.15, -0.1) is 0 Å². The minimum Gasteiger partial charge on any atom is -0.391 e. The third-order valence-electron chi connectivity index (χ3n) is 3.66. The Bertz CT molecular complexity index is 644. The molecule has 1 saturated carbocycles. The zero-order valence-corrected chi connectivity index (χ0v) is 12.5. The lowest BCUT2D eigenvalue weighted by atomic mass is 9.92. The topological polar surface area (TPSA) is 110 Å². The number of nitrogens with zero attached hydrogens (tertiary/aromatic N) is 1. The number of nitro groups is 1. The number of hydrogen-bond donors (Lipinski definition) is 2. The van der Waals surface area contributed by atoms with Gasteiger partial charge in [0.1, 0.15) is 5.69 Å². The number of nitrogens with one attached hydrogen (secondary N) is 1. The highest BCUT2D eigenvalue weighted by atomic mass is 32.2. The van der Waals surface area contributed by atoms with E-state index in [2.05, 4.69) is 5.32 Å². The van der Waals surface area contributed by atoms with Crippen molar-refractivity contribution >= 4 is 21.2 Å². The molecule has 0 heterocycles. The van der Waals surface area contributed by atoms with Crippen molar-refractivity contribution in [2.75, 3.05) is 11.6 Å². The van der Waals surface area contributed by atoms with E-state index in [1.807, 2.05) is 0 Å². The van der Waals surface area contributed by atoms with Crippen LogP contribution in [0.4, 0.5) is 11.4 Å². The predicted molar refractivity (Wildman–Crippen MR) is 78.1 cm³/mol. The number of benzene rings is 1. The largest absolute Gasteiger partial charge is 0.391 e. The number of anilines is 1. The molecular formula is C13H18N2O5S. The van der Waals surface area contributed by atoms with E-state index in [1.165, 1.54) is 12.1 Å². The van der Waals surface area contributed by atoms with Crippen LogP contribution in [0.5, 0.6) is 0 Å². The highest BCUT2D eigenvalue weighted by Gasteiger charge is 2.26. The summed E-state index contributed by atoms with van der Waals surface area (Å²) in [5.74, 6) is 0. The van der Waals surface area contributed by atoms with Gasteiger partial charge in [0.05, 0.1) is 22.0 Å². The predicted octanol–water partition coefficient (Wildman–Crippen LogP) is 1.71. The van der Waals surface area contributed by atoms with Gasteiger partial charge in [-0.3, -0.25) is 10.1 Å². The van der Waals surface area contributed by atoms with Gasteiger partial charge < -0.3 is 10.4 Å². The van der Waals surface area contributed by atoms with Gasteiger partial charge in [-0.2, -0.15) is 0 Å². The second-order valence-electron chi connectivity index (χ2n) is 5.31. The first-order chi connectivity index (χ1) is 9.79. The summed E-state index contributed by atoms with van der Waals surface area (Å²) in [4.78, 5) is 10.4. The lowest BCUT2D eigenvalue weighted by molar-refractivity contribution is -0.384. The molecule has 0 radical (unpaired) electrons. The van der Waals surface area contributed by atoms with E-state index in [4.69, 9.17) is 0 Å². The van der Waals surface area contributed by atoms with E-state index in [9.17, 15) is 23.6 Å². The average molecular weight is 314 g/mol. The Balaban J connectivity index is 2.32. The fourth-order valence-corrected chi connectivity index (χ4v) is 3.14. The maximum Gasteiger partial charge on any atom is 0.293 e. The van der Waals surface area contributed by atoms with Crippen LogP contribution < -0.4 is 5.32 Å². The molecule has 0 bridgehead atoms. The van der Waals surface area contributed by atoms with Crippen LogP contribution >= 0.6 is 0 Å². The Kier molecular flexibility index (Phi) is 4.48. The molecule has 0 amide bonds. The highest BCUT2D eigenvalue weighted by Crippen LogP contribution is 2.30. The minimum atomic E-state index is -3.50. The molecule has 1 aliphatic rings. The fourth-order valence-electron chi connectivity index (χ4n) is 2.49. The van der Waals surface area contributed by atoms with Crippen molar-refractivity contribution in [2.45, 2.75) is 42.7 Å². The smallest absolute Gasteiger partial charge is 0.293 e. The summed E-state index contributed by atoms with van der Waals surface area (Å²) in [6.07, 6.45) is 3.73. The highest BCUT2D eigenvalue weighted by molar-refractivity contribution is 7.90. The molecule has 2 rings (SSSR count). The SMILES string of the molecule is CS(=O)(=O)c1ccc(NC2CCCCC2O)c([N+](=O)[O-])c1. The van der Waals surface area contributed by atoms with Crippen LogP contribution in [0.2, 0.25) is 0 Å². The Morgan fingerprint density at radius 2 is 2.00 bits per heavy atom. The van der Waals surface area contributed by atoms with Crippen molar-refractivity contribution in [3.8, 4) is 0 Å². The average Bonchev–Trinajstić information content (AvgIpc) is 2.40. The summed E-state index contributed by atoms with van der Waals surface area (Å²) in [6, 6.07) is 3.52. The summed E-state index contributed by atoms with van der Waals surface area (Å²) >= 11 is 0. The second-order valence-corrected chi connectivity index (χ2v) is 7.33. The number of aliphatic hydroxyl groups excluding tert-OH is 1. The van der Waals surface area contributed by atoms with Crippen LogP contribution in [0.1, 0.15) is 25.7 Å². The van der Waals surface area contributed by atoms with Crippen LogP contribution in [-0.2, 0) is 9.84 Å². The van der Waals surface area contributed by atoms with Gasteiger partial charge in [0.2, 0.25) is 0 Å². The van der Waals surface area contributed by atoms with Crippen LogP contribution in [0.3, 0.4) is 0 Å². The molecule has 2 N–H and O–H groups in total. The third-order valence-corrected chi connectivity index (χ3v) is 4.77. The Hall–Kier alpha value is -1.67. The van der Waals surface area contributed by atoms with E-state index in [0.29, 0.717) is 6.42 Å². The van der Waals surface area contributed by atoms with Crippen molar-refractivity contribution in [3.63, 3.8) is 0 Å². The third kappa shape index (κ3) is 3.70. The molecule has 1 aromatic rings. The van der Waals surface area contributed by atoms with E-state index in [0.717, 1.165) is 31.6 Å². The summed E-state index contributed by atoms with van der Waals surface area (Å²) in [6.45, 7) is 0. The van der Waals surface area contributed by atoms with Crippen molar-refractivity contribution in [2.24, 2.45) is 0 Å². The Morgan fingerprint density at radius 3 is 2.57 bits per heavy atom. The zero-order valence-electron chi connectivity index (χ0n) is 11.7. The number of rotatable bonds is 4. The molecule has 1 aliphatic carbocycles. The van der Waals surface area contributed by atoms with Gasteiger partial charge in [-0.05, 0) is 25.0 Å².